The molecule has 0 spiro atoms. The van der Waals surface area contributed by atoms with E-state index in [1.807, 2.05) is 18.2 Å². The van der Waals surface area contributed by atoms with Gasteiger partial charge in [0.1, 0.15) is 5.75 Å². The molecule has 146 valence electrons. The lowest BCUT2D eigenvalue weighted by molar-refractivity contribution is -0.147. The number of carboxylic acid groups (broad SMARTS) is 1. The summed E-state index contributed by atoms with van der Waals surface area (Å²) in [6.45, 7) is 0.699. The Morgan fingerprint density at radius 2 is 1.93 bits per heavy atom. The molecule has 7 heteroatoms. The molecule has 0 amide bonds. The van der Waals surface area contributed by atoms with Crippen LogP contribution in [0.1, 0.15) is 44.9 Å². The Kier molecular flexibility index (Phi) is 7.15. The zero-order valence-corrected chi connectivity index (χ0v) is 16.3. The van der Waals surface area contributed by atoms with Crippen LogP contribution in [0.2, 0.25) is 0 Å². The fourth-order valence-corrected chi connectivity index (χ4v) is 4.44. The number of nitrogens with zero attached hydrogens (tertiary/aromatic N) is 2. The van der Waals surface area contributed by atoms with Crippen LogP contribution in [0.3, 0.4) is 0 Å². The quantitative estimate of drug-likeness (QED) is 0.523. The largest absolute Gasteiger partial charge is 0.492 e. The zero-order valence-electron chi connectivity index (χ0n) is 15.5. The lowest BCUT2D eigenvalue weighted by atomic mass is 9.85. The number of nitrogens with one attached hydrogen (secondary N) is 1. The molecule has 0 atom stereocenters. The van der Waals surface area contributed by atoms with E-state index < -0.39 is 11.4 Å². The Bertz CT molecular complexity index is 700. The summed E-state index contributed by atoms with van der Waals surface area (Å²) in [7, 11) is 0. The molecule has 0 aromatic carbocycles. The second kappa shape index (κ2) is 9.78. The molecule has 2 N–H and O–H groups in total. The van der Waals surface area contributed by atoms with Gasteiger partial charge >= 0.3 is 5.97 Å². The summed E-state index contributed by atoms with van der Waals surface area (Å²) in [4.78, 5) is 15.7. The molecule has 0 saturated carbocycles. The third-order valence-corrected chi connectivity index (χ3v) is 6.56. The third-order valence-electron chi connectivity index (χ3n) is 5.04. The van der Waals surface area contributed by atoms with Crippen LogP contribution in [0, 0.1) is 5.41 Å². The van der Waals surface area contributed by atoms with E-state index in [0.717, 1.165) is 60.7 Å². The highest BCUT2D eigenvalue weighted by Crippen LogP contribution is 2.42. The fraction of sp³-hybridized carbons (Fsp3) is 0.550. The second-order valence-corrected chi connectivity index (χ2v) is 8.13. The standard InChI is InChI=1S/C20H27N3O3S/c24-19(25)20(14-27-15-20)10-5-3-1-2-4-6-12-26-16-7-8-17(21-13-16)18-9-11-22-23-18/h7-9,11,13H,1-6,10,12,14-15H2,(H,22,23)(H,24,25). The van der Waals surface area contributed by atoms with Crippen molar-refractivity contribution in [1.82, 2.24) is 15.2 Å². The summed E-state index contributed by atoms with van der Waals surface area (Å²) < 4.78 is 5.74. The van der Waals surface area contributed by atoms with Crippen molar-refractivity contribution in [2.45, 2.75) is 44.9 Å². The lowest BCUT2D eigenvalue weighted by Gasteiger charge is -2.37. The number of carbonyl (C=O) groups is 1. The molecule has 2 aromatic rings. The van der Waals surface area contributed by atoms with E-state index in [4.69, 9.17) is 4.74 Å². The average Bonchev–Trinajstić information content (AvgIpc) is 3.17. The predicted octanol–water partition coefficient (Wildman–Crippen LogP) is 4.40. The maximum atomic E-state index is 11.3. The van der Waals surface area contributed by atoms with Crippen LogP contribution in [-0.4, -0.2) is 44.4 Å². The van der Waals surface area contributed by atoms with Gasteiger partial charge in [0.05, 0.1) is 29.6 Å². The first kappa shape index (κ1) is 19.7. The van der Waals surface area contributed by atoms with Gasteiger partial charge in [-0.25, -0.2) is 0 Å². The number of ether oxygens (including phenoxy) is 1. The number of pyridine rings is 1. The zero-order chi connectivity index (χ0) is 19.0. The summed E-state index contributed by atoms with van der Waals surface area (Å²) in [6.07, 6.45) is 10.9. The van der Waals surface area contributed by atoms with Gasteiger partial charge in [0, 0.05) is 17.7 Å². The van der Waals surface area contributed by atoms with Crippen LogP contribution >= 0.6 is 11.8 Å². The SMILES string of the molecule is O=C(O)C1(CCCCCCCCOc2ccc(-c3ccn[nH]3)nc2)CSC1. The molecule has 0 unspecified atom stereocenters. The summed E-state index contributed by atoms with van der Waals surface area (Å²) in [5, 5.41) is 16.1. The number of aromatic amines is 1. The summed E-state index contributed by atoms with van der Waals surface area (Å²) in [5.41, 5.74) is 1.33. The number of hydrogen-bond donors (Lipinski definition) is 2. The fourth-order valence-electron chi connectivity index (χ4n) is 3.21. The Morgan fingerprint density at radius 1 is 1.15 bits per heavy atom. The number of H-pyrrole nitrogens is 1. The normalized spacial score (nSPS) is 15.3. The van der Waals surface area contributed by atoms with E-state index >= 15 is 0 Å². The summed E-state index contributed by atoms with van der Waals surface area (Å²) in [6, 6.07) is 5.74. The molecule has 1 fully saturated rings. The Balaban J connectivity index is 1.21. The first-order valence-electron chi connectivity index (χ1n) is 9.59. The number of hydrogen-bond acceptors (Lipinski definition) is 5. The highest BCUT2D eigenvalue weighted by atomic mass is 32.2. The molecule has 27 heavy (non-hydrogen) atoms. The van der Waals surface area contributed by atoms with Crippen LogP contribution in [0.25, 0.3) is 11.4 Å². The van der Waals surface area contributed by atoms with Gasteiger partial charge in [-0.1, -0.05) is 32.1 Å². The molecule has 3 heterocycles. The van der Waals surface area contributed by atoms with E-state index in [9.17, 15) is 9.90 Å². The Labute approximate surface area is 164 Å². The van der Waals surface area contributed by atoms with Crippen molar-refractivity contribution < 1.29 is 14.6 Å². The molecule has 1 aliphatic rings. The highest BCUT2D eigenvalue weighted by molar-refractivity contribution is 8.00. The minimum absolute atomic E-state index is 0.417. The van der Waals surface area contributed by atoms with E-state index in [-0.39, 0.29) is 0 Å². The Hall–Kier alpha value is -2.02. The molecule has 1 aliphatic heterocycles. The van der Waals surface area contributed by atoms with Crippen LogP contribution in [0.4, 0.5) is 0 Å². The molecule has 2 aromatic heterocycles. The minimum Gasteiger partial charge on any atom is -0.492 e. The predicted molar refractivity (Wildman–Crippen MR) is 107 cm³/mol. The van der Waals surface area contributed by atoms with Gasteiger partial charge in [-0.15, -0.1) is 0 Å². The van der Waals surface area contributed by atoms with E-state index in [1.165, 1.54) is 12.8 Å². The van der Waals surface area contributed by atoms with E-state index in [0.29, 0.717) is 6.61 Å². The number of aliphatic carboxylic acids is 1. The molecular formula is C20H27N3O3S. The average molecular weight is 390 g/mol. The van der Waals surface area contributed by atoms with Crippen LogP contribution in [0.5, 0.6) is 5.75 Å². The second-order valence-electron chi connectivity index (χ2n) is 7.15. The van der Waals surface area contributed by atoms with Crippen molar-refractivity contribution in [3.05, 3.63) is 30.6 Å². The first-order valence-corrected chi connectivity index (χ1v) is 10.7. The first-order chi connectivity index (χ1) is 13.2. The van der Waals surface area contributed by atoms with Crippen molar-refractivity contribution >= 4 is 17.7 Å². The van der Waals surface area contributed by atoms with Gasteiger partial charge in [-0.05, 0) is 31.0 Å². The van der Waals surface area contributed by atoms with Gasteiger partial charge < -0.3 is 9.84 Å². The molecule has 3 rings (SSSR count). The van der Waals surface area contributed by atoms with Gasteiger partial charge in [0.25, 0.3) is 0 Å². The monoisotopic (exact) mass is 389 g/mol. The maximum Gasteiger partial charge on any atom is 0.311 e. The van der Waals surface area contributed by atoms with Crippen molar-refractivity contribution in [2.24, 2.45) is 5.41 Å². The van der Waals surface area contributed by atoms with Gasteiger partial charge in [0.2, 0.25) is 0 Å². The lowest BCUT2D eigenvalue weighted by Crippen LogP contribution is -2.43. The Morgan fingerprint density at radius 3 is 2.52 bits per heavy atom. The molecule has 0 bridgehead atoms. The van der Waals surface area contributed by atoms with E-state index in [2.05, 4.69) is 15.2 Å². The van der Waals surface area contributed by atoms with Crippen LogP contribution < -0.4 is 4.74 Å². The van der Waals surface area contributed by atoms with Crippen LogP contribution in [-0.2, 0) is 4.79 Å². The number of unbranched alkanes of at least 4 members (excludes halogenated alkanes) is 5. The summed E-state index contributed by atoms with van der Waals surface area (Å²) in [5.74, 6) is 1.76. The van der Waals surface area contributed by atoms with Crippen molar-refractivity contribution in [1.29, 1.82) is 0 Å². The van der Waals surface area contributed by atoms with Crippen molar-refractivity contribution in [3.63, 3.8) is 0 Å². The molecule has 1 saturated heterocycles. The van der Waals surface area contributed by atoms with Crippen molar-refractivity contribution in [2.75, 3.05) is 18.1 Å². The molecular weight excluding hydrogens is 362 g/mol. The minimum atomic E-state index is -0.606. The number of aromatic nitrogens is 3. The smallest absolute Gasteiger partial charge is 0.311 e. The van der Waals surface area contributed by atoms with Crippen LogP contribution in [0.15, 0.2) is 30.6 Å². The van der Waals surface area contributed by atoms with E-state index in [1.54, 1.807) is 24.2 Å². The van der Waals surface area contributed by atoms with Gasteiger partial charge in [-0.2, -0.15) is 16.9 Å². The van der Waals surface area contributed by atoms with Gasteiger partial charge in [-0.3, -0.25) is 14.9 Å². The van der Waals surface area contributed by atoms with Crippen molar-refractivity contribution in [3.8, 4) is 17.1 Å². The van der Waals surface area contributed by atoms with Gasteiger partial charge in [0.15, 0.2) is 0 Å². The third kappa shape index (κ3) is 5.48. The summed E-state index contributed by atoms with van der Waals surface area (Å²) >= 11 is 1.74. The topological polar surface area (TPSA) is 88.1 Å². The number of thioether (sulfide) groups is 1. The molecule has 0 aliphatic carbocycles. The maximum absolute atomic E-state index is 11.3. The number of carboxylic acids is 1. The highest BCUT2D eigenvalue weighted by Gasteiger charge is 2.44. The number of rotatable bonds is 12. The molecule has 0 radical (unpaired) electrons. The molecule has 6 nitrogen and oxygen atoms in total.